The van der Waals surface area contributed by atoms with Crippen LogP contribution >= 0.6 is 0 Å². The van der Waals surface area contributed by atoms with Crippen LogP contribution in [0, 0.1) is 0 Å². The monoisotopic (exact) mass is 175 g/mol. The summed E-state index contributed by atoms with van der Waals surface area (Å²) in [4.78, 5) is 11.1. The van der Waals surface area contributed by atoms with Crippen LogP contribution in [0.1, 0.15) is 5.56 Å². The standard InChI is InChI=1S/C9H9N3O/c13-3-1-2-7-4-8-9(10-5-7)12-6-11-8/h1-2,4-6,13H,3H2,(H,10,11,12). The van der Waals surface area contributed by atoms with Crippen molar-refractivity contribution in [2.24, 2.45) is 0 Å². The Morgan fingerprint density at radius 3 is 3.23 bits per heavy atom. The van der Waals surface area contributed by atoms with Gasteiger partial charge < -0.3 is 10.1 Å². The first-order valence-electron chi connectivity index (χ1n) is 3.96. The average molecular weight is 175 g/mol. The molecule has 0 atom stereocenters. The van der Waals surface area contributed by atoms with Crippen molar-refractivity contribution in [2.75, 3.05) is 6.61 Å². The molecule has 2 heterocycles. The fraction of sp³-hybridized carbons (Fsp3) is 0.111. The summed E-state index contributed by atoms with van der Waals surface area (Å²) in [7, 11) is 0. The predicted molar refractivity (Wildman–Crippen MR) is 50.0 cm³/mol. The number of pyridine rings is 1. The van der Waals surface area contributed by atoms with E-state index in [1.807, 2.05) is 12.1 Å². The van der Waals surface area contributed by atoms with Gasteiger partial charge in [0.15, 0.2) is 5.65 Å². The molecule has 13 heavy (non-hydrogen) atoms. The van der Waals surface area contributed by atoms with E-state index in [1.165, 1.54) is 0 Å². The minimum Gasteiger partial charge on any atom is -0.392 e. The van der Waals surface area contributed by atoms with Crippen LogP contribution in [0.15, 0.2) is 24.7 Å². The molecule has 66 valence electrons. The summed E-state index contributed by atoms with van der Waals surface area (Å²) < 4.78 is 0. The maximum Gasteiger partial charge on any atom is 0.177 e. The minimum absolute atomic E-state index is 0.0427. The van der Waals surface area contributed by atoms with Crippen molar-refractivity contribution >= 4 is 17.2 Å². The second-order valence-corrected chi connectivity index (χ2v) is 2.63. The SMILES string of the molecule is OCC=Cc1cnc2nc[nH]c2c1. The van der Waals surface area contributed by atoms with Gasteiger partial charge in [-0.2, -0.15) is 0 Å². The number of hydrogen-bond donors (Lipinski definition) is 2. The number of fused-ring (bicyclic) bond motifs is 1. The number of nitrogens with one attached hydrogen (secondary N) is 1. The van der Waals surface area contributed by atoms with E-state index in [0.29, 0.717) is 5.65 Å². The molecule has 0 fully saturated rings. The summed E-state index contributed by atoms with van der Waals surface area (Å²) in [5.74, 6) is 0. The lowest BCUT2D eigenvalue weighted by Gasteiger charge is -1.91. The fourth-order valence-corrected chi connectivity index (χ4v) is 1.13. The molecule has 2 rings (SSSR count). The van der Waals surface area contributed by atoms with Crippen LogP contribution in [0.4, 0.5) is 0 Å². The van der Waals surface area contributed by atoms with Crippen molar-refractivity contribution in [3.8, 4) is 0 Å². The maximum absolute atomic E-state index is 8.57. The summed E-state index contributed by atoms with van der Waals surface area (Å²) >= 11 is 0. The van der Waals surface area contributed by atoms with Gasteiger partial charge in [0.1, 0.15) is 0 Å². The third-order valence-corrected chi connectivity index (χ3v) is 1.71. The lowest BCUT2D eigenvalue weighted by molar-refractivity contribution is 0.343. The number of aromatic nitrogens is 3. The van der Waals surface area contributed by atoms with Gasteiger partial charge in [-0.05, 0) is 11.6 Å². The van der Waals surface area contributed by atoms with Gasteiger partial charge in [-0.3, -0.25) is 0 Å². The van der Waals surface area contributed by atoms with Crippen molar-refractivity contribution in [1.29, 1.82) is 0 Å². The van der Waals surface area contributed by atoms with Crippen LogP contribution in [-0.2, 0) is 0 Å². The van der Waals surface area contributed by atoms with E-state index in [2.05, 4.69) is 15.0 Å². The Morgan fingerprint density at radius 1 is 1.46 bits per heavy atom. The minimum atomic E-state index is 0.0427. The van der Waals surface area contributed by atoms with Gasteiger partial charge in [-0.1, -0.05) is 12.2 Å². The number of imidazole rings is 1. The molecule has 2 N–H and O–H groups in total. The smallest absolute Gasteiger partial charge is 0.177 e. The molecule has 0 amide bonds. The zero-order valence-electron chi connectivity index (χ0n) is 6.94. The highest BCUT2D eigenvalue weighted by molar-refractivity contribution is 5.72. The molecule has 0 radical (unpaired) electrons. The molecule has 2 aromatic rings. The van der Waals surface area contributed by atoms with Crippen LogP contribution in [0.2, 0.25) is 0 Å². The Kier molecular flexibility index (Phi) is 2.06. The van der Waals surface area contributed by atoms with Gasteiger partial charge in [-0.25, -0.2) is 9.97 Å². The summed E-state index contributed by atoms with van der Waals surface area (Å²) in [6, 6.07) is 1.93. The van der Waals surface area contributed by atoms with E-state index in [9.17, 15) is 0 Å². The Labute approximate surface area is 75.0 Å². The third kappa shape index (κ3) is 1.57. The average Bonchev–Trinajstić information content (AvgIpc) is 2.61. The van der Waals surface area contributed by atoms with E-state index in [1.54, 1.807) is 18.6 Å². The van der Waals surface area contributed by atoms with Gasteiger partial charge in [0, 0.05) is 6.20 Å². The van der Waals surface area contributed by atoms with Crippen molar-refractivity contribution in [3.63, 3.8) is 0 Å². The molecule has 0 aliphatic rings. The van der Waals surface area contributed by atoms with Crippen LogP contribution in [-0.4, -0.2) is 26.7 Å². The second-order valence-electron chi connectivity index (χ2n) is 2.63. The van der Waals surface area contributed by atoms with Crippen molar-refractivity contribution in [2.45, 2.75) is 0 Å². The number of hydrogen-bond acceptors (Lipinski definition) is 3. The van der Waals surface area contributed by atoms with Crippen LogP contribution < -0.4 is 0 Å². The largest absolute Gasteiger partial charge is 0.392 e. The lowest BCUT2D eigenvalue weighted by Crippen LogP contribution is -1.80. The van der Waals surface area contributed by atoms with E-state index in [-0.39, 0.29) is 6.61 Å². The molecular formula is C9H9N3O. The van der Waals surface area contributed by atoms with Crippen LogP contribution in [0.5, 0.6) is 0 Å². The number of nitrogens with zero attached hydrogens (tertiary/aromatic N) is 2. The zero-order valence-corrected chi connectivity index (χ0v) is 6.94. The highest BCUT2D eigenvalue weighted by atomic mass is 16.2. The van der Waals surface area contributed by atoms with E-state index in [4.69, 9.17) is 5.11 Å². The van der Waals surface area contributed by atoms with Crippen LogP contribution in [0.3, 0.4) is 0 Å². The van der Waals surface area contributed by atoms with E-state index < -0.39 is 0 Å². The summed E-state index contributed by atoms with van der Waals surface area (Å²) in [6.07, 6.45) is 6.80. The topological polar surface area (TPSA) is 61.8 Å². The number of H-pyrrole nitrogens is 1. The first-order valence-corrected chi connectivity index (χ1v) is 3.96. The van der Waals surface area contributed by atoms with Crippen molar-refractivity contribution < 1.29 is 5.11 Å². The molecule has 0 unspecified atom stereocenters. The Balaban J connectivity index is 2.42. The Hall–Kier alpha value is -1.68. The van der Waals surface area contributed by atoms with Gasteiger partial charge in [0.2, 0.25) is 0 Å². The molecule has 0 aromatic carbocycles. The molecule has 0 aliphatic heterocycles. The highest BCUT2D eigenvalue weighted by Gasteiger charge is 1.96. The summed E-state index contributed by atoms with van der Waals surface area (Å²) in [5.41, 5.74) is 2.56. The predicted octanol–water partition coefficient (Wildman–Crippen LogP) is 0.963. The maximum atomic E-state index is 8.57. The third-order valence-electron chi connectivity index (χ3n) is 1.71. The molecule has 0 spiro atoms. The van der Waals surface area contributed by atoms with E-state index in [0.717, 1.165) is 11.1 Å². The Bertz CT molecular complexity index is 433. The number of aromatic amines is 1. The number of aliphatic hydroxyl groups excluding tert-OH is 1. The first-order chi connectivity index (χ1) is 6.40. The molecule has 2 aromatic heterocycles. The lowest BCUT2D eigenvalue weighted by atomic mass is 10.2. The molecule has 0 saturated carbocycles. The normalized spacial score (nSPS) is 11.5. The first kappa shape index (κ1) is 7.94. The Morgan fingerprint density at radius 2 is 2.38 bits per heavy atom. The molecule has 4 nitrogen and oxygen atoms in total. The molecule has 4 heteroatoms. The second kappa shape index (κ2) is 3.37. The van der Waals surface area contributed by atoms with Gasteiger partial charge in [-0.15, -0.1) is 0 Å². The summed E-state index contributed by atoms with van der Waals surface area (Å²) in [6.45, 7) is 0.0427. The van der Waals surface area contributed by atoms with Gasteiger partial charge in [0.25, 0.3) is 0 Å². The molecule has 0 bridgehead atoms. The van der Waals surface area contributed by atoms with Crippen molar-refractivity contribution in [1.82, 2.24) is 15.0 Å². The van der Waals surface area contributed by atoms with Gasteiger partial charge in [0.05, 0.1) is 18.5 Å². The van der Waals surface area contributed by atoms with Crippen molar-refractivity contribution in [3.05, 3.63) is 30.2 Å². The van der Waals surface area contributed by atoms with E-state index >= 15 is 0 Å². The fourth-order valence-electron chi connectivity index (χ4n) is 1.13. The highest BCUT2D eigenvalue weighted by Crippen LogP contribution is 2.09. The van der Waals surface area contributed by atoms with Gasteiger partial charge >= 0.3 is 0 Å². The summed E-state index contributed by atoms with van der Waals surface area (Å²) in [5, 5.41) is 8.57. The number of aliphatic hydroxyl groups is 1. The quantitative estimate of drug-likeness (QED) is 0.714. The molecule has 0 saturated heterocycles. The number of rotatable bonds is 2. The molecule has 0 aliphatic carbocycles. The molecular weight excluding hydrogens is 166 g/mol. The zero-order chi connectivity index (χ0) is 9.10. The van der Waals surface area contributed by atoms with Crippen LogP contribution in [0.25, 0.3) is 17.2 Å².